The fourth-order valence-corrected chi connectivity index (χ4v) is 5.71. The van der Waals surface area contributed by atoms with Crippen LogP contribution in [0, 0.1) is 5.92 Å². The molecule has 7 heteroatoms. The molecule has 162 valence electrons. The Kier molecular flexibility index (Phi) is 7.50. The number of benzene rings is 2. The van der Waals surface area contributed by atoms with E-state index in [1.807, 2.05) is 30.3 Å². The van der Waals surface area contributed by atoms with Gasteiger partial charge in [0, 0.05) is 6.54 Å². The molecule has 2 aromatic rings. The van der Waals surface area contributed by atoms with Crippen molar-refractivity contribution in [3.8, 4) is 5.75 Å². The van der Waals surface area contributed by atoms with E-state index in [9.17, 15) is 18.3 Å². The minimum atomic E-state index is -3.99. The quantitative estimate of drug-likeness (QED) is 0.650. The summed E-state index contributed by atoms with van der Waals surface area (Å²) in [4.78, 5) is 12.3. The zero-order valence-corrected chi connectivity index (χ0v) is 18.1. The maximum Gasteiger partial charge on any atom is 0.322 e. The van der Waals surface area contributed by atoms with Crippen molar-refractivity contribution in [3.63, 3.8) is 0 Å². The molecule has 1 aliphatic rings. The van der Waals surface area contributed by atoms with Crippen molar-refractivity contribution in [2.24, 2.45) is 5.92 Å². The average molecular weight is 432 g/mol. The summed E-state index contributed by atoms with van der Waals surface area (Å²) in [5.41, 5.74) is 0.795. The molecule has 0 spiro atoms. The number of nitrogens with zero attached hydrogens (tertiary/aromatic N) is 1. The van der Waals surface area contributed by atoms with Crippen molar-refractivity contribution in [2.45, 2.75) is 49.5 Å². The Balaban J connectivity index is 1.97. The summed E-state index contributed by atoms with van der Waals surface area (Å²) in [6.45, 7) is 0.220. The van der Waals surface area contributed by atoms with Crippen molar-refractivity contribution in [2.75, 3.05) is 13.7 Å². The van der Waals surface area contributed by atoms with E-state index in [1.54, 1.807) is 12.1 Å². The molecular weight excluding hydrogens is 402 g/mol. The van der Waals surface area contributed by atoms with Gasteiger partial charge < -0.3 is 9.84 Å². The van der Waals surface area contributed by atoms with Gasteiger partial charge in [-0.05, 0) is 55.0 Å². The molecule has 0 amide bonds. The average Bonchev–Trinajstić information content (AvgIpc) is 2.77. The first-order valence-electron chi connectivity index (χ1n) is 10.3. The lowest BCUT2D eigenvalue weighted by molar-refractivity contribution is -0.141. The summed E-state index contributed by atoms with van der Waals surface area (Å²) in [5.74, 6) is -0.414. The molecule has 1 N–H and O–H groups in total. The normalized spacial score (nSPS) is 16.3. The zero-order valence-electron chi connectivity index (χ0n) is 17.2. The molecule has 6 nitrogen and oxygen atoms in total. The summed E-state index contributed by atoms with van der Waals surface area (Å²) in [7, 11) is -2.48. The van der Waals surface area contributed by atoms with Gasteiger partial charge in [0.25, 0.3) is 0 Å². The van der Waals surface area contributed by atoms with Gasteiger partial charge in [0.15, 0.2) is 0 Å². The van der Waals surface area contributed by atoms with Crippen LogP contribution in [0.25, 0.3) is 0 Å². The van der Waals surface area contributed by atoms with Crippen LogP contribution in [-0.4, -0.2) is 43.5 Å². The molecule has 0 aromatic heterocycles. The second-order valence-electron chi connectivity index (χ2n) is 7.80. The lowest BCUT2D eigenvalue weighted by atomic mass is 9.89. The first-order chi connectivity index (χ1) is 14.4. The number of methoxy groups -OCH3 is 1. The van der Waals surface area contributed by atoms with Crippen molar-refractivity contribution < 1.29 is 23.1 Å². The van der Waals surface area contributed by atoms with Crippen LogP contribution in [0.2, 0.25) is 0 Å². The molecule has 1 fully saturated rings. The third-order valence-corrected chi connectivity index (χ3v) is 7.62. The Hall–Kier alpha value is -2.38. The fraction of sp³-hybridized carbons (Fsp3) is 0.435. The second kappa shape index (κ2) is 10.1. The van der Waals surface area contributed by atoms with Gasteiger partial charge in [-0.3, -0.25) is 4.79 Å². The Bertz CT molecular complexity index is 922. The van der Waals surface area contributed by atoms with Gasteiger partial charge in [-0.2, -0.15) is 4.31 Å². The predicted molar refractivity (Wildman–Crippen MR) is 115 cm³/mol. The van der Waals surface area contributed by atoms with Gasteiger partial charge in [-0.1, -0.05) is 49.6 Å². The number of carboxylic acids is 1. The summed E-state index contributed by atoms with van der Waals surface area (Å²) < 4.78 is 33.5. The highest BCUT2D eigenvalue weighted by Crippen LogP contribution is 2.29. The lowest BCUT2D eigenvalue weighted by Gasteiger charge is -2.33. The van der Waals surface area contributed by atoms with E-state index in [4.69, 9.17) is 4.74 Å². The van der Waals surface area contributed by atoms with Crippen LogP contribution in [0.4, 0.5) is 0 Å². The van der Waals surface area contributed by atoms with Crippen LogP contribution in [0.1, 0.15) is 37.7 Å². The van der Waals surface area contributed by atoms with Crippen molar-refractivity contribution in [1.29, 1.82) is 0 Å². The molecule has 0 radical (unpaired) electrons. The number of rotatable bonds is 9. The molecule has 0 bridgehead atoms. The van der Waals surface area contributed by atoms with E-state index in [-0.39, 0.29) is 23.8 Å². The van der Waals surface area contributed by atoms with Gasteiger partial charge in [0.2, 0.25) is 10.0 Å². The first-order valence-corrected chi connectivity index (χ1v) is 11.8. The van der Waals surface area contributed by atoms with Crippen LogP contribution in [0.5, 0.6) is 5.75 Å². The Morgan fingerprint density at radius 3 is 2.27 bits per heavy atom. The molecule has 0 saturated heterocycles. The molecule has 0 unspecified atom stereocenters. The topological polar surface area (TPSA) is 83.9 Å². The Morgan fingerprint density at radius 1 is 1.07 bits per heavy atom. The summed E-state index contributed by atoms with van der Waals surface area (Å²) >= 11 is 0. The molecule has 3 rings (SSSR count). The van der Waals surface area contributed by atoms with Crippen LogP contribution >= 0.6 is 0 Å². The summed E-state index contributed by atoms with van der Waals surface area (Å²) in [5, 5.41) is 10.0. The fourth-order valence-electron chi connectivity index (χ4n) is 4.05. The standard InChI is InChI=1S/C23H29NO5S/c1-29-20-12-14-21(15-13-20)30(27,28)24(17-19-10-6-3-7-11-19)22(23(25)26)16-18-8-4-2-5-9-18/h2,4-5,8-9,12-15,19,22H,3,6-7,10-11,16-17H2,1H3,(H,25,26)/t22-/m0/s1. The van der Waals surface area contributed by atoms with Crippen LogP contribution in [0.15, 0.2) is 59.5 Å². The third-order valence-electron chi connectivity index (χ3n) is 5.73. The van der Waals surface area contributed by atoms with E-state index in [0.29, 0.717) is 5.75 Å². The van der Waals surface area contributed by atoms with Crippen molar-refractivity contribution in [3.05, 3.63) is 60.2 Å². The van der Waals surface area contributed by atoms with E-state index in [0.717, 1.165) is 37.7 Å². The van der Waals surface area contributed by atoms with Gasteiger partial charge in [-0.25, -0.2) is 8.42 Å². The molecular formula is C23H29NO5S. The zero-order chi connectivity index (χ0) is 21.6. The van der Waals surface area contributed by atoms with E-state index in [1.165, 1.54) is 23.5 Å². The Labute approximate surface area is 178 Å². The molecule has 1 atom stereocenters. The minimum absolute atomic E-state index is 0.0819. The number of sulfonamides is 1. The third kappa shape index (κ3) is 5.40. The van der Waals surface area contributed by atoms with Gasteiger partial charge in [-0.15, -0.1) is 0 Å². The molecule has 2 aromatic carbocycles. The molecule has 30 heavy (non-hydrogen) atoms. The number of hydrogen-bond donors (Lipinski definition) is 1. The van der Waals surface area contributed by atoms with Crippen molar-refractivity contribution in [1.82, 2.24) is 4.31 Å². The monoisotopic (exact) mass is 431 g/mol. The lowest BCUT2D eigenvalue weighted by Crippen LogP contribution is -2.48. The largest absolute Gasteiger partial charge is 0.497 e. The first kappa shape index (κ1) is 22.3. The highest BCUT2D eigenvalue weighted by molar-refractivity contribution is 7.89. The molecule has 1 aliphatic carbocycles. The summed E-state index contributed by atoms with van der Waals surface area (Å²) in [6, 6.07) is 14.1. The SMILES string of the molecule is COc1ccc(S(=O)(=O)N(CC2CCCCC2)[C@@H](Cc2ccccc2)C(=O)O)cc1. The maximum absolute atomic E-state index is 13.6. The number of ether oxygens (including phenoxy) is 1. The Morgan fingerprint density at radius 2 is 1.70 bits per heavy atom. The highest BCUT2D eigenvalue weighted by atomic mass is 32.2. The van der Waals surface area contributed by atoms with Gasteiger partial charge >= 0.3 is 5.97 Å². The van der Waals surface area contributed by atoms with Gasteiger partial charge in [0.1, 0.15) is 11.8 Å². The van der Waals surface area contributed by atoms with E-state index in [2.05, 4.69) is 0 Å². The number of carboxylic acid groups (broad SMARTS) is 1. The molecule has 0 aliphatic heterocycles. The predicted octanol–water partition coefficient (Wildman–Crippen LogP) is 3.96. The number of aliphatic carboxylic acids is 1. The highest BCUT2D eigenvalue weighted by Gasteiger charge is 2.37. The maximum atomic E-state index is 13.6. The van der Waals surface area contributed by atoms with E-state index >= 15 is 0 Å². The second-order valence-corrected chi connectivity index (χ2v) is 9.69. The van der Waals surface area contributed by atoms with Crippen LogP contribution in [-0.2, 0) is 21.2 Å². The smallest absolute Gasteiger partial charge is 0.322 e. The minimum Gasteiger partial charge on any atom is -0.497 e. The van der Waals surface area contributed by atoms with Crippen molar-refractivity contribution >= 4 is 16.0 Å². The van der Waals surface area contributed by atoms with Gasteiger partial charge in [0.05, 0.1) is 12.0 Å². The summed E-state index contributed by atoms with van der Waals surface area (Å²) in [6.07, 6.45) is 5.22. The number of carbonyl (C=O) groups is 1. The van der Waals surface area contributed by atoms with E-state index < -0.39 is 22.0 Å². The molecule has 1 saturated carbocycles. The van der Waals surface area contributed by atoms with Crippen LogP contribution in [0.3, 0.4) is 0 Å². The number of hydrogen-bond acceptors (Lipinski definition) is 4. The van der Waals surface area contributed by atoms with Crippen LogP contribution < -0.4 is 4.74 Å². The molecule has 0 heterocycles.